The van der Waals surface area contributed by atoms with Crippen molar-refractivity contribution < 1.29 is 4.74 Å². The molecule has 2 aromatic heterocycles. The van der Waals surface area contributed by atoms with Crippen molar-refractivity contribution in [2.75, 3.05) is 56.2 Å². The summed E-state index contributed by atoms with van der Waals surface area (Å²) in [4.78, 5) is 16.7. The highest BCUT2D eigenvalue weighted by Gasteiger charge is 2.16. The average molecular weight is 453 g/mol. The van der Waals surface area contributed by atoms with E-state index in [2.05, 4.69) is 44.8 Å². The van der Waals surface area contributed by atoms with Gasteiger partial charge in [-0.15, -0.1) is 0 Å². The molecule has 1 atom stereocenters. The molecule has 7 nitrogen and oxygen atoms in total. The second-order valence-electron chi connectivity index (χ2n) is 8.47. The van der Waals surface area contributed by atoms with E-state index in [1.54, 1.807) is 0 Å². The number of anilines is 2. The Hall–Kier alpha value is -2.42. The van der Waals surface area contributed by atoms with Crippen LogP contribution < -0.4 is 15.5 Å². The van der Waals surface area contributed by atoms with Crippen LogP contribution in [-0.4, -0.2) is 60.9 Å². The molecule has 8 heteroatoms. The molecule has 4 heterocycles. The zero-order valence-corrected chi connectivity index (χ0v) is 19.6. The summed E-state index contributed by atoms with van der Waals surface area (Å²) in [6.45, 7) is 8.50. The van der Waals surface area contributed by atoms with E-state index in [0.29, 0.717) is 5.92 Å². The summed E-state index contributed by atoms with van der Waals surface area (Å²) < 4.78 is 5.47. The molecule has 2 aliphatic heterocycles. The Bertz CT molecular complexity index is 1030. The van der Waals surface area contributed by atoms with E-state index in [1.807, 2.05) is 19.2 Å². The largest absolute Gasteiger partial charge is 0.378 e. The number of nitrogens with zero attached hydrogens (tertiary/aromatic N) is 4. The average Bonchev–Trinajstić information content (AvgIpc) is 2.83. The van der Waals surface area contributed by atoms with Gasteiger partial charge in [0.1, 0.15) is 5.52 Å². The third-order valence-electron chi connectivity index (χ3n) is 6.15. The predicted molar refractivity (Wildman–Crippen MR) is 135 cm³/mol. The van der Waals surface area contributed by atoms with E-state index in [0.717, 1.165) is 79.7 Å². The number of piperidine rings is 1. The Morgan fingerprint density at radius 3 is 2.72 bits per heavy atom. The number of aryl methyl sites for hydroxylation is 1. The van der Waals surface area contributed by atoms with Crippen LogP contribution in [0.25, 0.3) is 22.3 Å². The van der Waals surface area contributed by atoms with Crippen LogP contribution in [0.2, 0.25) is 0 Å². The molecule has 3 aromatic rings. The molecule has 2 N–H and O–H groups in total. The van der Waals surface area contributed by atoms with Crippen molar-refractivity contribution in [2.24, 2.45) is 5.92 Å². The topological polar surface area (TPSA) is 75.2 Å². The van der Waals surface area contributed by atoms with Crippen LogP contribution in [0.15, 0.2) is 36.5 Å². The molecular weight excluding hydrogens is 420 g/mol. The number of fused-ring (bicyclic) bond motifs is 1. The third kappa shape index (κ3) is 5.14. The second-order valence-corrected chi connectivity index (χ2v) is 8.47. The number of hydrogen-bond acceptors (Lipinski definition) is 7. The fraction of sp³-hybridized carbons (Fsp3) is 0.458. The number of aromatic nitrogens is 3. The number of pyridine rings is 1. The van der Waals surface area contributed by atoms with Crippen LogP contribution in [0, 0.1) is 12.8 Å². The van der Waals surface area contributed by atoms with E-state index in [1.165, 1.54) is 18.5 Å². The lowest BCUT2D eigenvalue weighted by molar-refractivity contribution is 0.122. The van der Waals surface area contributed by atoms with Crippen molar-refractivity contribution in [2.45, 2.75) is 19.8 Å². The molecule has 0 radical (unpaired) electrons. The van der Waals surface area contributed by atoms with Crippen LogP contribution in [0.3, 0.4) is 0 Å². The molecule has 0 amide bonds. The van der Waals surface area contributed by atoms with Crippen LogP contribution in [0.4, 0.5) is 11.5 Å². The number of morpholine rings is 1. The fourth-order valence-corrected chi connectivity index (χ4v) is 4.39. The Balaban J connectivity index is 0.00000245. The second kappa shape index (κ2) is 10.5. The van der Waals surface area contributed by atoms with Crippen molar-refractivity contribution in [1.82, 2.24) is 20.3 Å². The highest BCUT2D eigenvalue weighted by Crippen LogP contribution is 2.28. The first kappa shape index (κ1) is 22.8. The highest BCUT2D eigenvalue weighted by atomic mass is 32.1. The molecule has 0 spiro atoms. The fourth-order valence-electron chi connectivity index (χ4n) is 4.39. The molecule has 0 aliphatic carbocycles. The normalized spacial score (nSPS) is 18.9. The molecule has 2 aliphatic rings. The van der Waals surface area contributed by atoms with Crippen molar-refractivity contribution in [3.63, 3.8) is 0 Å². The number of nitrogens with one attached hydrogen (secondary N) is 2. The van der Waals surface area contributed by atoms with Crippen LogP contribution in [0.1, 0.15) is 18.5 Å². The van der Waals surface area contributed by atoms with Crippen molar-refractivity contribution in [3.8, 4) is 11.3 Å². The number of rotatable bonds is 5. The molecule has 2 fully saturated rings. The van der Waals surface area contributed by atoms with Gasteiger partial charge in [-0.05, 0) is 57.0 Å². The summed E-state index contributed by atoms with van der Waals surface area (Å²) in [5.74, 6) is 1.43. The summed E-state index contributed by atoms with van der Waals surface area (Å²) in [6, 6.07) is 10.7. The summed E-state index contributed by atoms with van der Waals surface area (Å²) in [7, 11) is 0. The quantitative estimate of drug-likeness (QED) is 0.615. The molecule has 0 bridgehead atoms. The molecule has 1 aromatic carbocycles. The standard InChI is InChI=1S/C24H30N6O.H2S/c1-17-14-26-23-22(28-17)13-21(29-24(23)27-16-18-3-2-8-25-15-18)19-4-6-20(7-5-19)30-9-11-31-12-10-30;/h4-7,13-14,18,25H,2-3,8-12,15-16H2,1H3,(H,27,29);1H2/t18-;/m0./s1. The van der Waals surface area contributed by atoms with Crippen LogP contribution >= 0.6 is 13.5 Å². The summed E-state index contributed by atoms with van der Waals surface area (Å²) in [5.41, 5.74) is 5.87. The molecule has 2 saturated heterocycles. The van der Waals surface area contributed by atoms with E-state index in [9.17, 15) is 0 Å². The van der Waals surface area contributed by atoms with E-state index < -0.39 is 0 Å². The maximum absolute atomic E-state index is 5.47. The third-order valence-corrected chi connectivity index (χ3v) is 6.15. The van der Waals surface area contributed by atoms with Gasteiger partial charge in [0.2, 0.25) is 0 Å². The SMILES string of the molecule is Cc1cnc2c(NC[C@H]3CCCNC3)nc(-c3ccc(N4CCOCC4)cc3)cc2n1.S. The van der Waals surface area contributed by atoms with Crippen molar-refractivity contribution >= 4 is 36.0 Å². The lowest BCUT2D eigenvalue weighted by Gasteiger charge is -2.28. The molecular formula is C24H32N6OS. The zero-order valence-electron chi connectivity index (χ0n) is 18.6. The Morgan fingerprint density at radius 1 is 1.16 bits per heavy atom. The molecule has 0 saturated carbocycles. The first-order valence-electron chi connectivity index (χ1n) is 11.3. The smallest absolute Gasteiger partial charge is 0.154 e. The summed E-state index contributed by atoms with van der Waals surface area (Å²) >= 11 is 0. The van der Waals surface area contributed by atoms with Gasteiger partial charge in [-0.2, -0.15) is 13.5 Å². The van der Waals surface area contributed by atoms with Gasteiger partial charge in [0.25, 0.3) is 0 Å². The van der Waals surface area contributed by atoms with Gasteiger partial charge in [-0.25, -0.2) is 15.0 Å². The first-order chi connectivity index (χ1) is 15.3. The lowest BCUT2D eigenvalue weighted by Crippen LogP contribution is -2.36. The van der Waals surface area contributed by atoms with Gasteiger partial charge >= 0.3 is 0 Å². The van der Waals surface area contributed by atoms with Gasteiger partial charge in [0.15, 0.2) is 5.82 Å². The van der Waals surface area contributed by atoms with Gasteiger partial charge in [-0.3, -0.25) is 0 Å². The Morgan fingerprint density at radius 2 is 1.97 bits per heavy atom. The lowest BCUT2D eigenvalue weighted by atomic mass is 10.00. The number of ether oxygens (including phenoxy) is 1. The van der Waals surface area contributed by atoms with Crippen molar-refractivity contribution in [1.29, 1.82) is 0 Å². The van der Waals surface area contributed by atoms with Crippen LogP contribution in [-0.2, 0) is 4.74 Å². The molecule has 0 unspecified atom stereocenters. The van der Waals surface area contributed by atoms with Crippen LogP contribution in [0.5, 0.6) is 0 Å². The predicted octanol–water partition coefficient (Wildman–Crippen LogP) is 3.36. The Labute approximate surface area is 196 Å². The van der Waals surface area contributed by atoms with Gasteiger partial charge in [0.05, 0.1) is 30.1 Å². The highest BCUT2D eigenvalue weighted by molar-refractivity contribution is 7.59. The number of benzene rings is 1. The molecule has 170 valence electrons. The monoisotopic (exact) mass is 452 g/mol. The maximum Gasteiger partial charge on any atom is 0.154 e. The molecule has 5 rings (SSSR count). The minimum atomic E-state index is 0. The van der Waals surface area contributed by atoms with Crippen molar-refractivity contribution in [3.05, 3.63) is 42.2 Å². The van der Waals surface area contributed by atoms with E-state index in [-0.39, 0.29) is 13.5 Å². The van der Waals surface area contributed by atoms with E-state index in [4.69, 9.17) is 14.7 Å². The summed E-state index contributed by atoms with van der Waals surface area (Å²) in [6.07, 6.45) is 4.29. The van der Waals surface area contributed by atoms with Gasteiger partial charge in [-0.1, -0.05) is 12.1 Å². The summed E-state index contributed by atoms with van der Waals surface area (Å²) in [5, 5.41) is 7.06. The minimum Gasteiger partial charge on any atom is -0.378 e. The molecule has 32 heavy (non-hydrogen) atoms. The maximum atomic E-state index is 5.47. The van der Waals surface area contributed by atoms with Gasteiger partial charge in [0, 0.05) is 37.1 Å². The van der Waals surface area contributed by atoms with E-state index >= 15 is 0 Å². The first-order valence-corrected chi connectivity index (χ1v) is 11.3. The van der Waals surface area contributed by atoms with Gasteiger partial charge < -0.3 is 20.3 Å². The zero-order chi connectivity index (χ0) is 21.0. The minimum absolute atomic E-state index is 0. The Kier molecular flexibility index (Phi) is 7.44. The number of hydrogen-bond donors (Lipinski definition) is 2.